The summed E-state index contributed by atoms with van der Waals surface area (Å²) in [6.45, 7) is 5.03. The summed E-state index contributed by atoms with van der Waals surface area (Å²) >= 11 is 1.54. The fraction of sp³-hybridized carbons (Fsp3) is 0.600. The lowest BCUT2D eigenvalue weighted by molar-refractivity contribution is -0.0145. The molecule has 3 rings (SSSR count). The summed E-state index contributed by atoms with van der Waals surface area (Å²) in [7, 11) is 0. The van der Waals surface area contributed by atoms with Crippen LogP contribution in [0.5, 0.6) is 0 Å². The van der Waals surface area contributed by atoms with Gasteiger partial charge in [-0.1, -0.05) is 13.8 Å². The van der Waals surface area contributed by atoms with Gasteiger partial charge in [-0.3, -0.25) is 0 Å². The fourth-order valence-electron chi connectivity index (χ4n) is 2.82. The second-order valence-electron chi connectivity index (χ2n) is 6.81. The summed E-state index contributed by atoms with van der Waals surface area (Å²) in [5, 5.41) is 16.9. The zero-order valence-electron chi connectivity index (χ0n) is 12.5. The van der Waals surface area contributed by atoms with E-state index in [1.165, 1.54) is 0 Å². The highest BCUT2D eigenvalue weighted by atomic mass is 32.1. The van der Waals surface area contributed by atoms with E-state index in [1.54, 1.807) is 11.3 Å². The van der Waals surface area contributed by atoms with Crippen molar-refractivity contribution in [2.75, 3.05) is 17.6 Å². The van der Waals surface area contributed by atoms with E-state index in [9.17, 15) is 5.11 Å². The first-order valence-corrected chi connectivity index (χ1v) is 8.22. The second kappa shape index (κ2) is 5.10. The first-order valence-electron chi connectivity index (χ1n) is 7.34. The average molecular weight is 306 g/mol. The van der Waals surface area contributed by atoms with Gasteiger partial charge in [0.25, 0.3) is 0 Å². The zero-order chi connectivity index (χ0) is 15.1. The molecule has 0 aliphatic heterocycles. The third kappa shape index (κ3) is 3.11. The van der Waals surface area contributed by atoms with Crippen LogP contribution in [0.25, 0.3) is 10.2 Å². The van der Waals surface area contributed by atoms with Crippen LogP contribution in [-0.4, -0.2) is 27.2 Å². The Labute approximate surface area is 128 Å². The van der Waals surface area contributed by atoms with E-state index in [4.69, 9.17) is 5.73 Å². The van der Waals surface area contributed by atoms with Crippen LogP contribution in [0, 0.1) is 5.41 Å². The summed E-state index contributed by atoms with van der Waals surface area (Å²) in [5.41, 5.74) is 5.43. The maximum absolute atomic E-state index is 10.7. The topological polar surface area (TPSA) is 84.1 Å². The molecule has 6 heteroatoms. The Kier molecular flexibility index (Phi) is 3.53. The van der Waals surface area contributed by atoms with Gasteiger partial charge in [-0.2, -0.15) is 4.98 Å². The molecule has 0 spiro atoms. The number of nitrogens with two attached hydrogens (primary N) is 1. The number of thiophene rings is 1. The fourth-order valence-corrected chi connectivity index (χ4v) is 3.59. The molecule has 21 heavy (non-hydrogen) atoms. The molecule has 2 aromatic heterocycles. The molecule has 0 unspecified atom stereocenters. The van der Waals surface area contributed by atoms with Crippen molar-refractivity contribution in [1.29, 1.82) is 0 Å². The van der Waals surface area contributed by atoms with Crippen molar-refractivity contribution in [1.82, 2.24) is 9.97 Å². The second-order valence-corrected chi connectivity index (χ2v) is 7.71. The molecule has 0 saturated heterocycles. The molecule has 0 amide bonds. The van der Waals surface area contributed by atoms with Gasteiger partial charge in [0, 0.05) is 6.54 Å². The van der Waals surface area contributed by atoms with Crippen LogP contribution in [0.3, 0.4) is 0 Å². The highest BCUT2D eigenvalue weighted by molar-refractivity contribution is 7.16. The van der Waals surface area contributed by atoms with Crippen LogP contribution in [0.15, 0.2) is 11.4 Å². The Bertz CT molecular complexity index is 642. The summed E-state index contributed by atoms with van der Waals surface area (Å²) in [5.74, 6) is 0.987. The highest BCUT2D eigenvalue weighted by Crippen LogP contribution is 2.40. The van der Waals surface area contributed by atoms with E-state index in [-0.39, 0.29) is 5.95 Å². The standard InChI is InChI=1S/C15H22N4OS/c1-14(2)4-6-15(20,7-5-14)9-17-11-10-3-8-21-12(10)19-13(16)18-11/h3,8,20H,4-7,9H2,1-2H3,(H3,16,17,18,19). The number of nitrogens with one attached hydrogen (secondary N) is 1. The van der Waals surface area contributed by atoms with E-state index in [1.807, 2.05) is 11.4 Å². The number of aromatic nitrogens is 2. The van der Waals surface area contributed by atoms with Gasteiger partial charge in [-0.05, 0) is 42.5 Å². The summed E-state index contributed by atoms with van der Waals surface area (Å²) in [4.78, 5) is 9.36. The van der Waals surface area contributed by atoms with Crippen LogP contribution in [0.4, 0.5) is 11.8 Å². The van der Waals surface area contributed by atoms with E-state index < -0.39 is 5.60 Å². The number of fused-ring (bicyclic) bond motifs is 1. The SMILES string of the molecule is CC1(C)CCC(O)(CNc2nc(N)nc3sccc23)CC1. The van der Waals surface area contributed by atoms with Crippen molar-refractivity contribution in [3.63, 3.8) is 0 Å². The number of aliphatic hydroxyl groups is 1. The van der Waals surface area contributed by atoms with E-state index in [2.05, 4.69) is 29.1 Å². The van der Waals surface area contributed by atoms with Crippen molar-refractivity contribution in [2.24, 2.45) is 5.41 Å². The molecule has 0 atom stereocenters. The van der Waals surface area contributed by atoms with Gasteiger partial charge in [-0.15, -0.1) is 11.3 Å². The molecule has 4 N–H and O–H groups in total. The van der Waals surface area contributed by atoms with Crippen LogP contribution in [0.2, 0.25) is 0 Å². The zero-order valence-corrected chi connectivity index (χ0v) is 13.3. The van der Waals surface area contributed by atoms with Gasteiger partial charge < -0.3 is 16.2 Å². The summed E-state index contributed by atoms with van der Waals surface area (Å²) < 4.78 is 0. The van der Waals surface area contributed by atoms with Gasteiger partial charge in [0.1, 0.15) is 10.6 Å². The van der Waals surface area contributed by atoms with Crippen molar-refractivity contribution in [3.8, 4) is 0 Å². The van der Waals surface area contributed by atoms with Crippen molar-refractivity contribution in [2.45, 2.75) is 45.1 Å². The molecule has 2 aromatic rings. The molecular formula is C15H22N4OS. The maximum Gasteiger partial charge on any atom is 0.223 e. The molecule has 5 nitrogen and oxygen atoms in total. The van der Waals surface area contributed by atoms with Gasteiger partial charge in [0.2, 0.25) is 5.95 Å². The van der Waals surface area contributed by atoms with E-state index in [0.717, 1.165) is 41.7 Å². The van der Waals surface area contributed by atoms with E-state index in [0.29, 0.717) is 12.0 Å². The molecular weight excluding hydrogens is 284 g/mol. The largest absolute Gasteiger partial charge is 0.388 e. The predicted molar refractivity (Wildman–Crippen MR) is 87.5 cm³/mol. The average Bonchev–Trinajstić information content (AvgIpc) is 2.88. The van der Waals surface area contributed by atoms with Gasteiger partial charge in [0.15, 0.2) is 0 Å². The molecule has 0 aromatic carbocycles. The molecule has 1 saturated carbocycles. The number of hydrogen-bond acceptors (Lipinski definition) is 6. The molecule has 0 bridgehead atoms. The van der Waals surface area contributed by atoms with Crippen LogP contribution in [-0.2, 0) is 0 Å². The first kappa shape index (κ1) is 14.5. The summed E-state index contributed by atoms with van der Waals surface area (Å²) in [6.07, 6.45) is 3.73. The van der Waals surface area contributed by atoms with E-state index >= 15 is 0 Å². The van der Waals surface area contributed by atoms with Crippen molar-refractivity contribution in [3.05, 3.63) is 11.4 Å². The Morgan fingerprint density at radius 3 is 2.71 bits per heavy atom. The van der Waals surface area contributed by atoms with Crippen molar-refractivity contribution < 1.29 is 5.11 Å². The Morgan fingerprint density at radius 2 is 2.00 bits per heavy atom. The molecule has 114 valence electrons. The minimum atomic E-state index is -0.655. The number of hydrogen-bond donors (Lipinski definition) is 3. The third-order valence-corrected chi connectivity index (χ3v) is 5.27. The molecule has 1 aliphatic carbocycles. The Hall–Kier alpha value is -1.40. The quantitative estimate of drug-likeness (QED) is 0.812. The first-order chi connectivity index (χ1) is 9.87. The maximum atomic E-state index is 10.7. The third-order valence-electron chi connectivity index (χ3n) is 4.46. The van der Waals surface area contributed by atoms with Crippen LogP contribution >= 0.6 is 11.3 Å². The molecule has 2 heterocycles. The lowest BCUT2D eigenvalue weighted by Gasteiger charge is -2.40. The lowest BCUT2D eigenvalue weighted by atomic mass is 9.71. The lowest BCUT2D eigenvalue weighted by Crippen LogP contribution is -2.42. The minimum Gasteiger partial charge on any atom is -0.388 e. The summed E-state index contributed by atoms with van der Waals surface area (Å²) in [6, 6.07) is 1.98. The number of nitrogens with zero attached hydrogens (tertiary/aromatic N) is 2. The van der Waals surface area contributed by atoms with Gasteiger partial charge in [0.05, 0.1) is 11.0 Å². The molecule has 1 fully saturated rings. The van der Waals surface area contributed by atoms with Gasteiger partial charge >= 0.3 is 0 Å². The molecule has 0 radical (unpaired) electrons. The normalized spacial score (nSPS) is 20.5. The van der Waals surface area contributed by atoms with Gasteiger partial charge in [-0.25, -0.2) is 4.98 Å². The monoisotopic (exact) mass is 306 g/mol. The van der Waals surface area contributed by atoms with Crippen molar-refractivity contribution >= 4 is 33.3 Å². The van der Waals surface area contributed by atoms with Crippen LogP contribution < -0.4 is 11.1 Å². The number of anilines is 2. The minimum absolute atomic E-state index is 0.268. The smallest absolute Gasteiger partial charge is 0.223 e. The highest BCUT2D eigenvalue weighted by Gasteiger charge is 2.36. The predicted octanol–water partition coefficient (Wildman–Crippen LogP) is 3.02. The number of rotatable bonds is 3. The molecule has 1 aliphatic rings. The Morgan fingerprint density at radius 1 is 1.29 bits per heavy atom. The number of nitrogen functional groups attached to an aromatic ring is 1. The van der Waals surface area contributed by atoms with Crippen LogP contribution in [0.1, 0.15) is 39.5 Å². The Balaban J connectivity index is 1.73.